The lowest BCUT2D eigenvalue weighted by Crippen LogP contribution is -2.44. The van der Waals surface area contributed by atoms with Gasteiger partial charge in [0.15, 0.2) is 0 Å². The highest BCUT2D eigenvalue weighted by atomic mass is 35.5. The Morgan fingerprint density at radius 1 is 1.30 bits per heavy atom. The van der Waals surface area contributed by atoms with Crippen LogP contribution >= 0.6 is 23.2 Å². The fourth-order valence-corrected chi connectivity index (χ4v) is 4.00. The number of amides is 1. The molecule has 2 aliphatic rings. The van der Waals surface area contributed by atoms with Gasteiger partial charge in [0.25, 0.3) is 0 Å². The molecule has 1 aliphatic heterocycles. The molecule has 0 aromatic carbocycles. The van der Waals surface area contributed by atoms with Crippen LogP contribution in [0.25, 0.3) is 0 Å². The van der Waals surface area contributed by atoms with E-state index in [0.717, 1.165) is 6.42 Å². The first-order valence-electron chi connectivity index (χ1n) is 8.22. The van der Waals surface area contributed by atoms with Gasteiger partial charge in [0, 0.05) is 25.3 Å². The van der Waals surface area contributed by atoms with E-state index in [-0.39, 0.29) is 11.9 Å². The number of carbonyl (C=O) groups is 1. The predicted octanol–water partition coefficient (Wildman–Crippen LogP) is 2.84. The third-order valence-corrected chi connectivity index (χ3v) is 5.20. The van der Waals surface area contributed by atoms with E-state index in [1.165, 1.54) is 25.7 Å². The molecule has 2 fully saturated rings. The number of pyridine rings is 1. The molecule has 0 bridgehead atoms. The summed E-state index contributed by atoms with van der Waals surface area (Å²) in [7, 11) is 0. The maximum Gasteiger partial charge on any atom is 0.237 e. The fourth-order valence-electron chi connectivity index (χ4n) is 3.56. The van der Waals surface area contributed by atoms with Crippen LogP contribution in [-0.2, 0) is 4.79 Å². The Hall–Kier alpha value is -1.04. The number of aromatic nitrogens is 1. The normalized spacial score (nSPS) is 26.6. The largest absolute Gasteiger partial charge is 0.367 e. The Bertz CT molecular complexity index is 555. The van der Waals surface area contributed by atoms with Crippen molar-refractivity contribution < 1.29 is 4.79 Å². The second-order valence-corrected chi connectivity index (χ2v) is 7.15. The molecule has 126 valence electrons. The Balaban J connectivity index is 1.39. The van der Waals surface area contributed by atoms with Gasteiger partial charge >= 0.3 is 0 Å². The first kappa shape index (κ1) is 16.8. The lowest BCUT2D eigenvalue weighted by atomic mass is 9.85. The predicted molar refractivity (Wildman–Crippen MR) is 93.0 cm³/mol. The molecule has 1 aromatic rings. The Morgan fingerprint density at radius 3 is 2.91 bits per heavy atom. The zero-order valence-corrected chi connectivity index (χ0v) is 14.5. The maximum atomic E-state index is 12.3. The second-order valence-electron chi connectivity index (χ2n) is 6.31. The summed E-state index contributed by atoms with van der Waals surface area (Å²) in [5, 5.41) is 10.5. The number of carbonyl (C=O) groups excluding carboxylic acids is 1. The molecule has 3 rings (SSSR count). The van der Waals surface area contributed by atoms with E-state index >= 15 is 0 Å². The molecule has 1 aliphatic carbocycles. The zero-order valence-electron chi connectivity index (χ0n) is 12.9. The van der Waals surface area contributed by atoms with Gasteiger partial charge < -0.3 is 16.0 Å². The average molecular weight is 357 g/mol. The van der Waals surface area contributed by atoms with Crippen molar-refractivity contribution in [3.63, 3.8) is 0 Å². The smallest absolute Gasteiger partial charge is 0.237 e. The van der Waals surface area contributed by atoms with Gasteiger partial charge in [-0.05, 0) is 31.2 Å². The summed E-state index contributed by atoms with van der Waals surface area (Å²) >= 11 is 11.8. The van der Waals surface area contributed by atoms with Crippen LogP contribution in [-0.4, -0.2) is 36.1 Å². The van der Waals surface area contributed by atoms with Crippen LogP contribution in [0, 0.1) is 5.92 Å². The Kier molecular flexibility index (Phi) is 5.62. The van der Waals surface area contributed by atoms with Gasteiger partial charge in [-0.15, -0.1) is 0 Å². The number of anilines is 1. The summed E-state index contributed by atoms with van der Waals surface area (Å²) in [4.78, 5) is 16.4. The second kappa shape index (κ2) is 7.69. The summed E-state index contributed by atoms with van der Waals surface area (Å²) in [6, 6.07) is 2.14. The van der Waals surface area contributed by atoms with Crippen LogP contribution in [0.3, 0.4) is 0 Å². The molecule has 5 nitrogen and oxygen atoms in total. The summed E-state index contributed by atoms with van der Waals surface area (Å²) in [5.74, 6) is 1.35. The molecule has 7 heteroatoms. The minimum absolute atomic E-state index is 0.0413. The molecule has 23 heavy (non-hydrogen) atoms. The minimum Gasteiger partial charge on any atom is -0.367 e. The van der Waals surface area contributed by atoms with E-state index in [2.05, 4.69) is 20.9 Å². The van der Waals surface area contributed by atoms with Gasteiger partial charge in [0.1, 0.15) is 5.82 Å². The molecule has 1 saturated heterocycles. The molecule has 3 atom stereocenters. The van der Waals surface area contributed by atoms with E-state index in [9.17, 15) is 4.79 Å². The molecule has 1 saturated carbocycles. The first-order chi connectivity index (χ1) is 11.1. The van der Waals surface area contributed by atoms with E-state index in [4.69, 9.17) is 23.2 Å². The van der Waals surface area contributed by atoms with Gasteiger partial charge in [-0.1, -0.05) is 36.0 Å². The van der Waals surface area contributed by atoms with Crippen molar-refractivity contribution in [3.8, 4) is 0 Å². The Morgan fingerprint density at radius 2 is 2.13 bits per heavy atom. The van der Waals surface area contributed by atoms with Gasteiger partial charge in [-0.25, -0.2) is 4.98 Å². The number of hydrogen-bond donors (Lipinski definition) is 3. The molecule has 0 radical (unpaired) electrons. The molecule has 3 unspecified atom stereocenters. The van der Waals surface area contributed by atoms with Gasteiger partial charge in [0.05, 0.1) is 16.1 Å². The lowest BCUT2D eigenvalue weighted by Gasteiger charge is -2.24. The highest BCUT2D eigenvalue weighted by Gasteiger charge is 2.37. The van der Waals surface area contributed by atoms with Gasteiger partial charge in [0.2, 0.25) is 5.91 Å². The molecule has 1 aromatic heterocycles. The van der Waals surface area contributed by atoms with Crippen LogP contribution in [0.1, 0.15) is 32.1 Å². The molecule has 1 amide bonds. The van der Waals surface area contributed by atoms with Crippen LogP contribution in [0.4, 0.5) is 5.82 Å². The standard InChI is InChI=1S/C16H22Cl2N4O/c17-11-8-12(18)15(21-9-11)19-5-6-20-16(23)14-7-10-3-1-2-4-13(10)22-14/h8-10,13-14,22H,1-7H2,(H,19,21)(H,20,23). The third kappa shape index (κ3) is 4.28. The lowest BCUT2D eigenvalue weighted by molar-refractivity contribution is -0.122. The molecule has 2 heterocycles. The van der Waals surface area contributed by atoms with Gasteiger partial charge in [-0.2, -0.15) is 0 Å². The third-order valence-electron chi connectivity index (χ3n) is 4.70. The highest BCUT2D eigenvalue weighted by Crippen LogP contribution is 2.33. The van der Waals surface area contributed by atoms with Crippen LogP contribution < -0.4 is 16.0 Å². The van der Waals surface area contributed by atoms with E-state index in [0.29, 0.717) is 40.9 Å². The van der Waals surface area contributed by atoms with E-state index in [1.807, 2.05) is 0 Å². The first-order valence-corrected chi connectivity index (χ1v) is 8.98. The van der Waals surface area contributed by atoms with Crippen molar-refractivity contribution >= 4 is 34.9 Å². The fraction of sp³-hybridized carbons (Fsp3) is 0.625. The number of fused-ring (bicyclic) bond motifs is 1. The minimum atomic E-state index is -0.0413. The summed E-state index contributed by atoms with van der Waals surface area (Å²) in [5.41, 5.74) is 0. The molecule has 0 spiro atoms. The topological polar surface area (TPSA) is 66.0 Å². The molecule has 3 N–H and O–H groups in total. The SMILES string of the molecule is O=C(NCCNc1ncc(Cl)cc1Cl)C1CC2CCCCC2N1. The number of nitrogens with one attached hydrogen (secondary N) is 3. The summed E-state index contributed by atoms with van der Waals surface area (Å²) in [6.45, 7) is 1.10. The van der Waals surface area contributed by atoms with Crippen molar-refractivity contribution in [1.29, 1.82) is 0 Å². The number of nitrogens with zero attached hydrogens (tertiary/aromatic N) is 1. The molecular formula is C16H22Cl2N4O. The zero-order chi connectivity index (χ0) is 16.2. The average Bonchev–Trinajstić information content (AvgIpc) is 2.97. The van der Waals surface area contributed by atoms with E-state index < -0.39 is 0 Å². The van der Waals surface area contributed by atoms with Crippen molar-refractivity contribution in [2.75, 3.05) is 18.4 Å². The summed E-state index contributed by atoms with van der Waals surface area (Å²) < 4.78 is 0. The highest BCUT2D eigenvalue weighted by molar-refractivity contribution is 6.35. The van der Waals surface area contributed by atoms with Gasteiger partial charge in [-0.3, -0.25) is 4.79 Å². The number of rotatable bonds is 5. The monoisotopic (exact) mass is 356 g/mol. The van der Waals surface area contributed by atoms with Crippen LogP contribution in [0.15, 0.2) is 12.3 Å². The number of hydrogen-bond acceptors (Lipinski definition) is 4. The van der Waals surface area contributed by atoms with Crippen molar-refractivity contribution in [3.05, 3.63) is 22.3 Å². The molecular weight excluding hydrogens is 335 g/mol. The van der Waals surface area contributed by atoms with Crippen LogP contribution in [0.5, 0.6) is 0 Å². The maximum absolute atomic E-state index is 12.3. The quantitative estimate of drug-likeness (QED) is 0.709. The van der Waals surface area contributed by atoms with Crippen molar-refractivity contribution in [1.82, 2.24) is 15.6 Å². The van der Waals surface area contributed by atoms with Crippen molar-refractivity contribution in [2.24, 2.45) is 5.92 Å². The van der Waals surface area contributed by atoms with E-state index in [1.54, 1.807) is 12.3 Å². The number of halogens is 2. The van der Waals surface area contributed by atoms with Crippen molar-refractivity contribution in [2.45, 2.75) is 44.2 Å². The van der Waals surface area contributed by atoms with Crippen LogP contribution in [0.2, 0.25) is 10.0 Å². The Labute approximate surface area is 146 Å². The summed E-state index contributed by atoms with van der Waals surface area (Å²) in [6.07, 6.45) is 7.55.